The SMILES string of the molecule is COc1ccc(OC)c(S(=O)(=O)N(C)CC(=O)OCc2ccccc2)c1. The Morgan fingerprint density at radius 1 is 1.04 bits per heavy atom. The summed E-state index contributed by atoms with van der Waals surface area (Å²) in [5.74, 6) is -0.124. The Morgan fingerprint density at radius 2 is 1.73 bits per heavy atom. The van der Waals surface area contributed by atoms with Crippen LogP contribution in [0.1, 0.15) is 5.56 Å². The molecule has 8 heteroatoms. The topological polar surface area (TPSA) is 82.1 Å². The monoisotopic (exact) mass is 379 g/mol. The van der Waals surface area contributed by atoms with Crippen LogP contribution in [0.25, 0.3) is 0 Å². The molecule has 0 bridgehead atoms. The number of hydrogen-bond donors (Lipinski definition) is 0. The second kappa shape index (κ2) is 8.68. The molecule has 0 aromatic heterocycles. The Morgan fingerprint density at radius 3 is 2.35 bits per heavy atom. The second-order valence-corrected chi connectivity index (χ2v) is 7.44. The van der Waals surface area contributed by atoms with Crippen molar-refractivity contribution in [3.05, 3.63) is 54.1 Å². The van der Waals surface area contributed by atoms with Crippen molar-refractivity contribution in [3.63, 3.8) is 0 Å². The van der Waals surface area contributed by atoms with Crippen LogP contribution in [0.15, 0.2) is 53.4 Å². The third kappa shape index (κ3) is 4.74. The molecule has 0 aliphatic rings. The van der Waals surface area contributed by atoms with Crippen molar-refractivity contribution in [2.45, 2.75) is 11.5 Å². The second-order valence-electron chi connectivity index (χ2n) is 5.42. The van der Waals surface area contributed by atoms with Crippen molar-refractivity contribution in [2.24, 2.45) is 0 Å². The largest absolute Gasteiger partial charge is 0.497 e. The van der Waals surface area contributed by atoms with Gasteiger partial charge in [-0.25, -0.2) is 8.42 Å². The first-order valence-electron chi connectivity index (χ1n) is 7.76. The molecule has 0 saturated carbocycles. The van der Waals surface area contributed by atoms with E-state index in [0.29, 0.717) is 5.75 Å². The van der Waals surface area contributed by atoms with Gasteiger partial charge in [-0.05, 0) is 17.7 Å². The number of rotatable bonds is 8. The number of methoxy groups -OCH3 is 2. The molecule has 0 aliphatic carbocycles. The van der Waals surface area contributed by atoms with Crippen LogP contribution in [0.2, 0.25) is 0 Å². The molecule has 0 atom stereocenters. The van der Waals surface area contributed by atoms with Crippen molar-refractivity contribution in [1.29, 1.82) is 0 Å². The minimum absolute atomic E-state index is 0.0794. The van der Waals surface area contributed by atoms with Crippen LogP contribution >= 0.6 is 0 Å². The third-order valence-electron chi connectivity index (χ3n) is 3.65. The maximum Gasteiger partial charge on any atom is 0.321 e. The number of hydrogen-bond acceptors (Lipinski definition) is 6. The minimum Gasteiger partial charge on any atom is -0.497 e. The van der Waals surface area contributed by atoms with Gasteiger partial charge in [0.2, 0.25) is 10.0 Å². The lowest BCUT2D eigenvalue weighted by Crippen LogP contribution is -2.33. The molecule has 26 heavy (non-hydrogen) atoms. The first-order chi connectivity index (χ1) is 12.4. The summed E-state index contributed by atoms with van der Waals surface area (Å²) >= 11 is 0. The van der Waals surface area contributed by atoms with E-state index in [4.69, 9.17) is 14.2 Å². The molecule has 0 fully saturated rings. The van der Waals surface area contributed by atoms with Crippen molar-refractivity contribution in [3.8, 4) is 11.5 Å². The molecule has 2 aromatic carbocycles. The maximum absolute atomic E-state index is 12.8. The zero-order valence-electron chi connectivity index (χ0n) is 14.8. The smallest absolute Gasteiger partial charge is 0.321 e. The first kappa shape index (κ1) is 19.7. The molecule has 7 nitrogen and oxygen atoms in total. The summed E-state index contributed by atoms with van der Waals surface area (Å²) in [6.07, 6.45) is 0. The Kier molecular flexibility index (Phi) is 6.59. The van der Waals surface area contributed by atoms with Crippen molar-refractivity contribution < 1.29 is 27.4 Å². The van der Waals surface area contributed by atoms with Crippen LogP contribution in [-0.2, 0) is 26.2 Å². The van der Waals surface area contributed by atoms with Crippen LogP contribution in [-0.4, -0.2) is 46.5 Å². The van der Waals surface area contributed by atoms with E-state index in [0.717, 1.165) is 9.87 Å². The van der Waals surface area contributed by atoms with Crippen LogP contribution in [0.5, 0.6) is 11.5 Å². The number of ether oxygens (including phenoxy) is 3. The van der Waals surface area contributed by atoms with Crippen molar-refractivity contribution in [2.75, 3.05) is 27.8 Å². The van der Waals surface area contributed by atoms with Gasteiger partial charge in [0.15, 0.2) is 0 Å². The van der Waals surface area contributed by atoms with Crippen LogP contribution < -0.4 is 9.47 Å². The van der Waals surface area contributed by atoms with Gasteiger partial charge in [0.1, 0.15) is 29.5 Å². The molecule has 0 N–H and O–H groups in total. The predicted octanol–water partition coefficient (Wildman–Crippen LogP) is 2.07. The highest BCUT2D eigenvalue weighted by Crippen LogP contribution is 2.30. The average molecular weight is 379 g/mol. The molecule has 0 saturated heterocycles. The highest BCUT2D eigenvalue weighted by Gasteiger charge is 2.27. The summed E-state index contributed by atoms with van der Waals surface area (Å²) in [7, 11) is 0.142. The van der Waals surface area contributed by atoms with E-state index >= 15 is 0 Å². The highest BCUT2D eigenvalue weighted by molar-refractivity contribution is 7.89. The van der Waals surface area contributed by atoms with E-state index in [1.54, 1.807) is 6.07 Å². The van der Waals surface area contributed by atoms with Crippen LogP contribution in [0.3, 0.4) is 0 Å². The number of benzene rings is 2. The highest BCUT2D eigenvalue weighted by atomic mass is 32.2. The Hall–Kier alpha value is -2.58. The molecular formula is C18H21NO6S. The zero-order chi connectivity index (χ0) is 19.2. The third-order valence-corrected chi connectivity index (χ3v) is 5.48. The van der Waals surface area contributed by atoms with Gasteiger partial charge in [-0.2, -0.15) is 4.31 Å². The van der Waals surface area contributed by atoms with Gasteiger partial charge in [0.05, 0.1) is 14.2 Å². The molecule has 140 valence electrons. The molecule has 0 radical (unpaired) electrons. The van der Waals surface area contributed by atoms with Gasteiger partial charge < -0.3 is 14.2 Å². The fourth-order valence-corrected chi connectivity index (χ4v) is 3.49. The fraction of sp³-hybridized carbons (Fsp3) is 0.278. The standard InChI is InChI=1S/C18H21NO6S/c1-19(12-18(20)25-13-14-7-5-4-6-8-14)26(21,22)17-11-15(23-2)9-10-16(17)24-3/h4-11H,12-13H2,1-3H3. The maximum atomic E-state index is 12.8. The summed E-state index contributed by atoms with van der Waals surface area (Å²) in [5, 5.41) is 0. The Bertz CT molecular complexity index is 851. The zero-order valence-corrected chi connectivity index (χ0v) is 15.7. The number of sulfonamides is 1. The fourth-order valence-electron chi connectivity index (χ4n) is 2.20. The average Bonchev–Trinajstić information content (AvgIpc) is 2.66. The normalized spacial score (nSPS) is 11.2. The lowest BCUT2D eigenvalue weighted by Gasteiger charge is -2.18. The summed E-state index contributed by atoms with van der Waals surface area (Å²) in [4.78, 5) is 11.9. The van der Waals surface area contributed by atoms with Gasteiger partial charge in [-0.1, -0.05) is 30.3 Å². The lowest BCUT2D eigenvalue weighted by atomic mass is 10.2. The predicted molar refractivity (Wildman–Crippen MR) is 95.6 cm³/mol. The number of likely N-dealkylation sites (N-methyl/N-ethyl adjacent to an activating group) is 1. The molecule has 0 unspecified atom stereocenters. The molecule has 0 amide bonds. The summed E-state index contributed by atoms with van der Waals surface area (Å²) in [5.41, 5.74) is 0.820. The van der Waals surface area contributed by atoms with Gasteiger partial charge in [0, 0.05) is 13.1 Å². The van der Waals surface area contributed by atoms with Crippen LogP contribution in [0.4, 0.5) is 0 Å². The summed E-state index contributed by atoms with van der Waals surface area (Å²) in [6.45, 7) is -0.342. The minimum atomic E-state index is -3.96. The van der Waals surface area contributed by atoms with Crippen LogP contribution in [0, 0.1) is 0 Å². The van der Waals surface area contributed by atoms with E-state index in [2.05, 4.69) is 0 Å². The lowest BCUT2D eigenvalue weighted by molar-refractivity contribution is -0.144. The quantitative estimate of drug-likeness (QED) is 0.653. The van der Waals surface area contributed by atoms with Gasteiger partial charge in [0.25, 0.3) is 0 Å². The Labute approximate surface area is 153 Å². The van der Waals surface area contributed by atoms with Gasteiger partial charge >= 0.3 is 5.97 Å². The molecule has 2 rings (SSSR count). The van der Waals surface area contributed by atoms with Gasteiger partial charge in [-0.15, -0.1) is 0 Å². The number of carbonyl (C=O) groups is 1. The van der Waals surface area contributed by atoms with Crippen molar-refractivity contribution in [1.82, 2.24) is 4.31 Å². The molecule has 0 spiro atoms. The van der Waals surface area contributed by atoms with Gasteiger partial charge in [-0.3, -0.25) is 4.79 Å². The number of esters is 1. The summed E-state index contributed by atoms with van der Waals surface area (Å²) < 4.78 is 41.8. The van der Waals surface area contributed by atoms with E-state index in [-0.39, 0.29) is 17.3 Å². The molecule has 0 heterocycles. The summed E-state index contributed by atoms with van der Waals surface area (Å²) in [6, 6.07) is 13.6. The molecule has 2 aromatic rings. The van der Waals surface area contributed by atoms with E-state index < -0.39 is 22.5 Å². The molecular weight excluding hydrogens is 358 g/mol. The van der Waals surface area contributed by atoms with E-state index in [9.17, 15) is 13.2 Å². The van der Waals surface area contributed by atoms with Crippen molar-refractivity contribution >= 4 is 16.0 Å². The Balaban J connectivity index is 2.10. The molecule has 0 aliphatic heterocycles. The van der Waals surface area contributed by atoms with E-state index in [1.165, 1.54) is 33.4 Å². The number of carbonyl (C=O) groups excluding carboxylic acids is 1. The van der Waals surface area contributed by atoms with E-state index in [1.807, 2.05) is 30.3 Å². The number of nitrogens with zero attached hydrogens (tertiary/aromatic N) is 1. The first-order valence-corrected chi connectivity index (χ1v) is 9.20.